The first kappa shape index (κ1) is 23.9. The molecule has 0 radical (unpaired) electrons. The first-order chi connectivity index (χ1) is 17.5. The van der Waals surface area contributed by atoms with Crippen LogP contribution in [0.3, 0.4) is 0 Å². The van der Waals surface area contributed by atoms with Crippen LogP contribution in [0.15, 0.2) is 64.2 Å². The summed E-state index contributed by atoms with van der Waals surface area (Å²) < 4.78 is 13.4. The van der Waals surface area contributed by atoms with E-state index in [-0.39, 0.29) is 11.4 Å². The highest BCUT2D eigenvalue weighted by Crippen LogP contribution is 2.32. The van der Waals surface area contributed by atoms with Crippen LogP contribution in [0.25, 0.3) is 17.0 Å². The fraction of sp³-hybridized carbons (Fsp3) is 0.259. The Morgan fingerprint density at radius 2 is 1.94 bits per heavy atom. The normalized spacial score (nSPS) is 16.4. The molecule has 36 heavy (non-hydrogen) atoms. The number of fused-ring (bicyclic) bond motifs is 2. The average molecular weight is 502 g/mol. The number of carbonyl (C=O) groups excluding carboxylic acids is 1. The topological polar surface area (TPSA) is 92.3 Å². The first-order valence-electron chi connectivity index (χ1n) is 11.8. The van der Waals surface area contributed by atoms with Gasteiger partial charge >= 0.3 is 0 Å². The van der Waals surface area contributed by atoms with Crippen LogP contribution >= 0.6 is 11.8 Å². The monoisotopic (exact) mass is 501 g/mol. The summed E-state index contributed by atoms with van der Waals surface area (Å²) in [5.41, 5.74) is 3.15. The molecule has 0 spiro atoms. The number of methoxy groups -OCH3 is 1. The molecule has 3 heterocycles. The minimum atomic E-state index is -0.413. The molecule has 2 aliphatic heterocycles. The Morgan fingerprint density at radius 3 is 2.75 bits per heavy atom. The Labute approximate surface area is 213 Å². The van der Waals surface area contributed by atoms with E-state index in [4.69, 9.17) is 14.9 Å². The molecule has 184 valence electrons. The standard InChI is InChI=1S/C27H27N5O3S/c1-4-8-24-30-32-25(28)22(26(33)29-27(32)36-24)16-21-17(2)31(23-12-6-5-11-20(21)23)13-14-35-19-10-7-9-18(15-19)34-3/h5-7,9-12,15-16,28H,4,8,13-14H2,1-3H3. The molecule has 1 aromatic heterocycles. The Bertz CT molecular complexity index is 1450. The van der Waals surface area contributed by atoms with Gasteiger partial charge in [0.25, 0.3) is 5.91 Å². The van der Waals surface area contributed by atoms with Gasteiger partial charge in [-0.3, -0.25) is 10.2 Å². The second-order valence-corrected chi connectivity index (χ2v) is 9.50. The number of amides is 1. The van der Waals surface area contributed by atoms with E-state index in [1.54, 1.807) is 13.2 Å². The number of aliphatic imine (C=N–C) groups is 1. The van der Waals surface area contributed by atoms with Gasteiger partial charge in [0.05, 0.1) is 19.2 Å². The van der Waals surface area contributed by atoms with Crippen molar-refractivity contribution in [1.29, 1.82) is 5.41 Å². The number of thioether (sulfide) groups is 1. The quantitative estimate of drug-likeness (QED) is 0.414. The molecule has 2 aliphatic rings. The Hall–Kier alpha value is -3.85. The lowest BCUT2D eigenvalue weighted by molar-refractivity contribution is -0.114. The third kappa shape index (κ3) is 4.42. The number of carbonyl (C=O) groups is 1. The molecule has 5 rings (SSSR count). The zero-order chi connectivity index (χ0) is 25.2. The molecule has 0 aliphatic carbocycles. The van der Waals surface area contributed by atoms with Gasteiger partial charge in [-0.25, -0.2) is 0 Å². The van der Waals surface area contributed by atoms with Gasteiger partial charge in [0.15, 0.2) is 5.84 Å². The summed E-state index contributed by atoms with van der Waals surface area (Å²) in [4.78, 5) is 17.2. The van der Waals surface area contributed by atoms with Crippen molar-refractivity contribution >= 4 is 50.7 Å². The van der Waals surface area contributed by atoms with E-state index in [1.807, 2.05) is 49.4 Å². The maximum Gasteiger partial charge on any atom is 0.283 e. The Balaban J connectivity index is 1.45. The van der Waals surface area contributed by atoms with E-state index < -0.39 is 5.91 Å². The van der Waals surface area contributed by atoms with Crippen LogP contribution in [-0.4, -0.2) is 45.2 Å². The van der Waals surface area contributed by atoms with Crippen molar-refractivity contribution in [3.63, 3.8) is 0 Å². The van der Waals surface area contributed by atoms with Crippen molar-refractivity contribution in [1.82, 2.24) is 9.58 Å². The summed E-state index contributed by atoms with van der Waals surface area (Å²) in [7, 11) is 1.63. The van der Waals surface area contributed by atoms with Gasteiger partial charge in [-0.2, -0.15) is 15.1 Å². The van der Waals surface area contributed by atoms with E-state index in [9.17, 15) is 4.79 Å². The summed E-state index contributed by atoms with van der Waals surface area (Å²) >= 11 is 1.37. The number of nitrogens with one attached hydrogen (secondary N) is 1. The molecule has 0 saturated heterocycles. The number of para-hydroxylation sites is 1. The van der Waals surface area contributed by atoms with Gasteiger partial charge in [-0.15, -0.1) is 0 Å². The van der Waals surface area contributed by atoms with Crippen molar-refractivity contribution in [2.24, 2.45) is 10.1 Å². The maximum absolute atomic E-state index is 12.9. The number of hydrogen-bond acceptors (Lipinski definition) is 6. The van der Waals surface area contributed by atoms with E-state index in [0.717, 1.165) is 51.5 Å². The van der Waals surface area contributed by atoms with Crippen LogP contribution in [0.1, 0.15) is 31.0 Å². The SMILES string of the molecule is CCCC1=NN2C(=N)C(=Cc3c(C)n(CCOc4cccc(OC)c4)c4ccccc34)C(=O)N=C2S1. The van der Waals surface area contributed by atoms with Crippen LogP contribution in [0.4, 0.5) is 0 Å². The Kier molecular flexibility index (Phi) is 6.65. The minimum absolute atomic E-state index is 0.0567. The Morgan fingerprint density at radius 1 is 1.14 bits per heavy atom. The smallest absolute Gasteiger partial charge is 0.283 e. The van der Waals surface area contributed by atoms with Crippen molar-refractivity contribution in [3.05, 3.63) is 65.4 Å². The van der Waals surface area contributed by atoms with Crippen LogP contribution in [0, 0.1) is 12.3 Å². The lowest BCUT2D eigenvalue weighted by Gasteiger charge is -2.20. The van der Waals surface area contributed by atoms with Crippen LogP contribution < -0.4 is 9.47 Å². The van der Waals surface area contributed by atoms with Crippen molar-refractivity contribution < 1.29 is 14.3 Å². The van der Waals surface area contributed by atoms with Gasteiger partial charge in [0.1, 0.15) is 23.1 Å². The van der Waals surface area contributed by atoms with Gasteiger partial charge in [0, 0.05) is 28.2 Å². The summed E-state index contributed by atoms with van der Waals surface area (Å²) in [6.07, 6.45) is 3.52. The molecular weight excluding hydrogens is 474 g/mol. The number of rotatable bonds is 8. The summed E-state index contributed by atoms with van der Waals surface area (Å²) in [6, 6.07) is 15.6. The summed E-state index contributed by atoms with van der Waals surface area (Å²) in [6.45, 7) is 5.18. The molecule has 2 aromatic carbocycles. The van der Waals surface area contributed by atoms with Crippen LogP contribution in [0.2, 0.25) is 0 Å². The zero-order valence-electron chi connectivity index (χ0n) is 20.4. The molecule has 0 saturated carbocycles. The van der Waals surface area contributed by atoms with Gasteiger partial charge in [-0.1, -0.05) is 31.2 Å². The molecule has 0 unspecified atom stereocenters. The van der Waals surface area contributed by atoms with E-state index in [2.05, 4.69) is 27.7 Å². The van der Waals surface area contributed by atoms with Crippen molar-refractivity contribution in [3.8, 4) is 11.5 Å². The van der Waals surface area contributed by atoms with Crippen LogP contribution in [0.5, 0.6) is 11.5 Å². The molecular formula is C27H27N5O3S. The highest BCUT2D eigenvalue weighted by Gasteiger charge is 2.35. The minimum Gasteiger partial charge on any atom is -0.497 e. The maximum atomic E-state index is 12.9. The number of aromatic nitrogens is 1. The molecule has 8 nitrogen and oxygen atoms in total. The lowest BCUT2D eigenvalue weighted by atomic mass is 10.1. The van der Waals surface area contributed by atoms with E-state index >= 15 is 0 Å². The molecule has 0 bridgehead atoms. The number of ether oxygens (including phenoxy) is 2. The average Bonchev–Trinajstić information content (AvgIpc) is 3.40. The fourth-order valence-electron chi connectivity index (χ4n) is 4.36. The summed E-state index contributed by atoms with van der Waals surface area (Å²) in [5, 5.41) is 17.0. The van der Waals surface area contributed by atoms with E-state index in [1.165, 1.54) is 16.8 Å². The number of hydrazone groups is 1. The fourth-order valence-corrected chi connectivity index (χ4v) is 5.35. The zero-order valence-corrected chi connectivity index (χ0v) is 21.3. The van der Waals surface area contributed by atoms with E-state index in [0.29, 0.717) is 18.3 Å². The first-order valence-corrected chi connectivity index (χ1v) is 12.7. The highest BCUT2D eigenvalue weighted by molar-refractivity contribution is 8.26. The number of benzene rings is 2. The largest absolute Gasteiger partial charge is 0.497 e. The van der Waals surface area contributed by atoms with Gasteiger partial charge in [0.2, 0.25) is 5.17 Å². The van der Waals surface area contributed by atoms with Gasteiger partial charge in [-0.05, 0) is 55.8 Å². The van der Waals surface area contributed by atoms with Crippen molar-refractivity contribution in [2.45, 2.75) is 33.2 Å². The predicted molar refractivity (Wildman–Crippen MR) is 145 cm³/mol. The number of nitrogens with zero attached hydrogens (tertiary/aromatic N) is 4. The lowest BCUT2D eigenvalue weighted by Crippen LogP contribution is -2.35. The number of amidine groups is 2. The third-order valence-electron chi connectivity index (χ3n) is 6.15. The molecule has 3 aromatic rings. The molecule has 1 amide bonds. The van der Waals surface area contributed by atoms with Crippen LogP contribution in [-0.2, 0) is 11.3 Å². The van der Waals surface area contributed by atoms with Crippen molar-refractivity contribution in [2.75, 3.05) is 13.7 Å². The second kappa shape index (κ2) is 10.0. The highest BCUT2D eigenvalue weighted by atomic mass is 32.2. The molecule has 0 fully saturated rings. The second-order valence-electron chi connectivity index (χ2n) is 8.46. The van der Waals surface area contributed by atoms with Gasteiger partial charge < -0.3 is 14.0 Å². The number of hydrogen-bond donors (Lipinski definition) is 1. The predicted octanol–water partition coefficient (Wildman–Crippen LogP) is 5.46. The molecule has 1 N–H and O–H groups in total. The molecule has 9 heteroatoms. The summed E-state index contributed by atoms with van der Waals surface area (Å²) in [5.74, 6) is 1.13. The third-order valence-corrected chi connectivity index (χ3v) is 7.12. The molecule has 0 atom stereocenters.